The average molecular weight is 190 g/mol. The molecule has 0 heterocycles. The standard InChI is InChI=1S/C11H14N2O/c1-4-13-10-6-5-9(8(2)14)7-11(10)12-3/h5-7,13H,3-4H2,1-2H3. The number of anilines is 1. The first-order valence-electron chi connectivity index (χ1n) is 4.54. The van der Waals surface area contributed by atoms with Gasteiger partial charge >= 0.3 is 0 Å². The Morgan fingerprint density at radius 1 is 1.57 bits per heavy atom. The second-order valence-corrected chi connectivity index (χ2v) is 2.98. The lowest BCUT2D eigenvalue weighted by Crippen LogP contribution is -1.98. The molecule has 0 atom stereocenters. The normalized spacial score (nSPS) is 9.57. The molecule has 74 valence electrons. The molecule has 14 heavy (non-hydrogen) atoms. The van der Waals surface area contributed by atoms with E-state index in [1.54, 1.807) is 12.1 Å². The smallest absolute Gasteiger partial charge is 0.159 e. The van der Waals surface area contributed by atoms with Gasteiger partial charge < -0.3 is 5.32 Å². The molecule has 0 radical (unpaired) electrons. The Kier molecular flexibility index (Phi) is 3.40. The van der Waals surface area contributed by atoms with E-state index in [2.05, 4.69) is 17.0 Å². The van der Waals surface area contributed by atoms with Crippen molar-refractivity contribution in [3.05, 3.63) is 23.8 Å². The predicted molar refractivity (Wildman–Crippen MR) is 59.8 cm³/mol. The number of carbonyl (C=O) groups is 1. The van der Waals surface area contributed by atoms with E-state index in [1.165, 1.54) is 6.92 Å². The Labute approximate surface area is 83.9 Å². The highest BCUT2D eigenvalue weighted by Crippen LogP contribution is 2.25. The van der Waals surface area contributed by atoms with E-state index in [-0.39, 0.29) is 5.78 Å². The number of nitrogens with one attached hydrogen (secondary N) is 1. The first-order chi connectivity index (χ1) is 6.69. The summed E-state index contributed by atoms with van der Waals surface area (Å²) >= 11 is 0. The van der Waals surface area contributed by atoms with E-state index >= 15 is 0 Å². The van der Waals surface area contributed by atoms with E-state index in [4.69, 9.17) is 0 Å². The molecule has 3 heteroatoms. The van der Waals surface area contributed by atoms with Gasteiger partial charge in [0, 0.05) is 12.1 Å². The van der Waals surface area contributed by atoms with E-state index in [0.717, 1.165) is 17.9 Å². The van der Waals surface area contributed by atoms with Crippen molar-refractivity contribution >= 4 is 23.9 Å². The second-order valence-electron chi connectivity index (χ2n) is 2.98. The monoisotopic (exact) mass is 190 g/mol. The predicted octanol–water partition coefficient (Wildman–Crippen LogP) is 2.65. The van der Waals surface area contributed by atoms with Crippen LogP contribution in [0.25, 0.3) is 0 Å². The molecule has 1 aromatic carbocycles. The second kappa shape index (κ2) is 4.56. The quantitative estimate of drug-likeness (QED) is 0.585. The fourth-order valence-electron chi connectivity index (χ4n) is 1.22. The largest absolute Gasteiger partial charge is 0.384 e. The topological polar surface area (TPSA) is 41.5 Å². The molecule has 1 N–H and O–H groups in total. The molecular weight excluding hydrogens is 176 g/mol. The van der Waals surface area contributed by atoms with Crippen LogP contribution >= 0.6 is 0 Å². The Balaban J connectivity index is 3.11. The number of hydrogen-bond donors (Lipinski definition) is 1. The lowest BCUT2D eigenvalue weighted by molar-refractivity contribution is 0.101. The van der Waals surface area contributed by atoms with Gasteiger partial charge in [0.1, 0.15) is 0 Å². The van der Waals surface area contributed by atoms with Gasteiger partial charge in [-0.3, -0.25) is 9.79 Å². The van der Waals surface area contributed by atoms with E-state index in [0.29, 0.717) is 5.56 Å². The molecule has 0 aliphatic heterocycles. The number of ketones is 1. The number of aliphatic imine (C=N–C) groups is 1. The number of carbonyl (C=O) groups excluding carboxylic acids is 1. The van der Waals surface area contributed by atoms with Crippen LogP contribution in [0.2, 0.25) is 0 Å². The molecule has 3 nitrogen and oxygen atoms in total. The molecular formula is C11H14N2O. The van der Waals surface area contributed by atoms with Crippen LogP contribution in [0.1, 0.15) is 24.2 Å². The van der Waals surface area contributed by atoms with Crippen LogP contribution < -0.4 is 5.32 Å². The van der Waals surface area contributed by atoms with Crippen LogP contribution in [0, 0.1) is 0 Å². The van der Waals surface area contributed by atoms with Gasteiger partial charge in [-0.2, -0.15) is 0 Å². The molecule has 0 aromatic heterocycles. The van der Waals surface area contributed by atoms with Crippen molar-refractivity contribution < 1.29 is 4.79 Å². The van der Waals surface area contributed by atoms with Crippen molar-refractivity contribution in [2.75, 3.05) is 11.9 Å². The summed E-state index contributed by atoms with van der Waals surface area (Å²) in [7, 11) is 0. The fourth-order valence-corrected chi connectivity index (χ4v) is 1.22. The average Bonchev–Trinajstić information content (AvgIpc) is 2.18. The first kappa shape index (κ1) is 10.4. The van der Waals surface area contributed by atoms with Crippen molar-refractivity contribution in [1.82, 2.24) is 0 Å². The molecule has 0 amide bonds. The SMILES string of the molecule is C=Nc1cc(C(C)=O)ccc1NCC. The Morgan fingerprint density at radius 3 is 2.79 bits per heavy atom. The van der Waals surface area contributed by atoms with Crippen molar-refractivity contribution in [2.24, 2.45) is 4.99 Å². The summed E-state index contributed by atoms with van der Waals surface area (Å²) in [6.07, 6.45) is 0. The van der Waals surface area contributed by atoms with E-state index in [1.807, 2.05) is 13.0 Å². The van der Waals surface area contributed by atoms with Crippen LogP contribution in [0.15, 0.2) is 23.2 Å². The maximum Gasteiger partial charge on any atom is 0.159 e. The minimum absolute atomic E-state index is 0.0398. The number of benzene rings is 1. The zero-order valence-electron chi connectivity index (χ0n) is 8.50. The molecule has 0 spiro atoms. The minimum atomic E-state index is 0.0398. The van der Waals surface area contributed by atoms with Crippen LogP contribution in [0.4, 0.5) is 11.4 Å². The lowest BCUT2D eigenvalue weighted by atomic mass is 10.1. The maximum atomic E-state index is 11.1. The summed E-state index contributed by atoms with van der Waals surface area (Å²) in [4.78, 5) is 15.0. The zero-order chi connectivity index (χ0) is 10.6. The number of hydrogen-bond acceptors (Lipinski definition) is 3. The number of nitrogens with zero attached hydrogens (tertiary/aromatic N) is 1. The third-order valence-corrected chi connectivity index (χ3v) is 1.94. The van der Waals surface area contributed by atoms with Gasteiger partial charge in [-0.15, -0.1) is 0 Å². The van der Waals surface area contributed by atoms with Crippen molar-refractivity contribution in [2.45, 2.75) is 13.8 Å². The van der Waals surface area contributed by atoms with Crippen LogP contribution in [0.3, 0.4) is 0 Å². The van der Waals surface area contributed by atoms with Crippen molar-refractivity contribution in [1.29, 1.82) is 0 Å². The third kappa shape index (κ3) is 2.19. The number of Topliss-reactive ketones (excluding diaryl/α,β-unsaturated/α-hetero) is 1. The highest BCUT2D eigenvalue weighted by molar-refractivity contribution is 5.96. The maximum absolute atomic E-state index is 11.1. The minimum Gasteiger partial charge on any atom is -0.384 e. The van der Waals surface area contributed by atoms with Gasteiger partial charge in [-0.1, -0.05) is 0 Å². The summed E-state index contributed by atoms with van der Waals surface area (Å²) in [5.41, 5.74) is 2.29. The highest BCUT2D eigenvalue weighted by Gasteiger charge is 2.04. The summed E-state index contributed by atoms with van der Waals surface area (Å²) in [6.45, 7) is 7.84. The van der Waals surface area contributed by atoms with E-state index < -0.39 is 0 Å². The third-order valence-electron chi connectivity index (χ3n) is 1.94. The van der Waals surface area contributed by atoms with Crippen molar-refractivity contribution in [3.63, 3.8) is 0 Å². The molecule has 0 fully saturated rings. The summed E-state index contributed by atoms with van der Waals surface area (Å²) in [5.74, 6) is 0.0398. The molecule has 0 unspecified atom stereocenters. The summed E-state index contributed by atoms with van der Waals surface area (Å²) < 4.78 is 0. The Morgan fingerprint density at radius 2 is 2.29 bits per heavy atom. The fraction of sp³-hybridized carbons (Fsp3) is 0.273. The molecule has 0 aliphatic rings. The van der Waals surface area contributed by atoms with Gasteiger partial charge in [-0.25, -0.2) is 0 Å². The van der Waals surface area contributed by atoms with Gasteiger partial charge in [0.15, 0.2) is 5.78 Å². The summed E-state index contributed by atoms with van der Waals surface area (Å²) in [5, 5.41) is 3.15. The lowest BCUT2D eigenvalue weighted by Gasteiger charge is -2.07. The molecule has 0 bridgehead atoms. The molecule has 1 aromatic rings. The van der Waals surface area contributed by atoms with E-state index in [9.17, 15) is 4.79 Å². The number of rotatable bonds is 4. The highest BCUT2D eigenvalue weighted by atomic mass is 16.1. The Bertz CT molecular complexity index is 358. The zero-order valence-corrected chi connectivity index (χ0v) is 8.50. The molecule has 0 aliphatic carbocycles. The van der Waals surface area contributed by atoms with Crippen LogP contribution in [0.5, 0.6) is 0 Å². The van der Waals surface area contributed by atoms with Crippen LogP contribution in [-0.2, 0) is 0 Å². The first-order valence-corrected chi connectivity index (χ1v) is 4.54. The molecule has 0 saturated heterocycles. The van der Waals surface area contributed by atoms with Crippen molar-refractivity contribution in [3.8, 4) is 0 Å². The van der Waals surface area contributed by atoms with Gasteiger partial charge in [0.25, 0.3) is 0 Å². The molecule has 0 saturated carbocycles. The van der Waals surface area contributed by atoms with Gasteiger partial charge in [0.2, 0.25) is 0 Å². The molecule has 1 rings (SSSR count). The van der Waals surface area contributed by atoms with Crippen LogP contribution in [-0.4, -0.2) is 19.0 Å². The summed E-state index contributed by atoms with van der Waals surface area (Å²) in [6, 6.07) is 5.38. The Hall–Kier alpha value is -1.64. The van der Waals surface area contributed by atoms with Gasteiger partial charge in [-0.05, 0) is 38.8 Å². The van der Waals surface area contributed by atoms with Gasteiger partial charge in [0.05, 0.1) is 11.4 Å².